The van der Waals surface area contributed by atoms with Gasteiger partial charge in [0, 0.05) is 11.7 Å². The number of aromatic nitrogens is 3. The summed E-state index contributed by atoms with van der Waals surface area (Å²) < 4.78 is 17.6. The number of amides is 1. The fourth-order valence-corrected chi connectivity index (χ4v) is 4.60. The molecule has 172 valence electrons. The van der Waals surface area contributed by atoms with Crippen LogP contribution >= 0.6 is 0 Å². The predicted molar refractivity (Wildman–Crippen MR) is 122 cm³/mol. The number of hydrogen-bond acceptors (Lipinski definition) is 7. The number of benzene rings is 1. The van der Waals surface area contributed by atoms with Crippen molar-refractivity contribution in [1.29, 1.82) is 0 Å². The SMILES string of the molecule is Cc1[nH]c2c(-c3c(OCC4CC4)ccc4c3OCO4)ncnc2c1C(=O)NC1CCNCC1. The van der Waals surface area contributed by atoms with E-state index < -0.39 is 0 Å². The molecule has 9 nitrogen and oxygen atoms in total. The van der Waals surface area contributed by atoms with E-state index in [0.29, 0.717) is 52.1 Å². The molecular weight excluding hydrogens is 422 g/mol. The minimum atomic E-state index is -0.113. The highest BCUT2D eigenvalue weighted by Crippen LogP contribution is 2.48. The minimum absolute atomic E-state index is 0.113. The molecular formula is C24H27N5O4. The van der Waals surface area contributed by atoms with Gasteiger partial charge in [0.2, 0.25) is 6.79 Å². The van der Waals surface area contributed by atoms with Crippen LogP contribution in [0.5, 0.6) is 17.2 Å². The Hall–Kier alpha value is -3.33. The summed E-state index contributed by atoms with van der Waals surface area (Å²) in [7, 11) is 0. The number of carbonyl (C=O) groups excluding carboxylic acids is 1. The van der Waals surface area contributed by atoms with Gasteiger partial charge in [0.1, 0.15) is 23.3 Å². The van der Waals surface area contributed by atoms with Gasteiger partial charge in [0.15, 0.2) is 11.5 Å². The van der Waals surface area contributed by atoms with Gasteiger partial charge in [-0.05, 0) is 63.7 Å². The monoisotopic (exact) mass is 449 g/mol. The number of carbonyl (C=O) groups is 1. The van der Waals surface area contributed by atoms with E-state index in [1.165, 1.54) is 19.2 Å². The van der Waals surface area contributed by atoms with E-state index in [1.54, 1.807) is 0 Å². The number of fused-ring (bicyclic) bond motifs is 2. The number of hydrogen-bond donors (Lipinski definition) is 3. The number of nitrogens with one attached hydrogen (secondary N) is 3. The van der Waals surface area contributed by atoms with Gasteiger partial charge in [0.05, 0.1) is 23.3 Å². The third-order valence-electron chi connectivity index (χ3n) is 6.58. The van der Waals surface area contributed by atoms with Crippen LogP contribution in [0.1, 0.15) is 41.7 Å². The normalized spacial score (nSPS) is 18.0. The summed E-state index contributed by atoms with van der Waals surface area (Å²) in [5, 5.41) is 6.50. The Labute approximate surface area is 191 Å². The lowest BCUT2D eigenvalue weighted by molar-refractivity contribution is 0.0930. The standard InChI is InChI=1S/C24H27N5O4/c1-13-18(24(30)29-15-6-8-25-9-7-15)20-22(28-13)21(27-11-26-20)19-16(31-10-14-2-3-14)4-5-17-23(19)33-12-32-17/h4-5,11,14-15,25,28H,2-3,6-10,12H2,1H3,(H,29,30). The number of piperidine rings is 1. The van der Waals surface area contributed by atoms with Gasteiger partial charge in [-0.3, -0.25) is 4.79 Å². The molecule has 2 aliphatic heterocycles. The number of aromatic amines is 1. The fourth-order valence-electron chi connectivity index (χ4n) is 4.60. The number of H-pyrrole nitrogens is 1. The van der Waals surface area contributed by atoms with Crippen LogP contribution < -0.4 is 24.8 Å². The summed E-state index contributed by atoms with van der Waals surface area (Å²) in [6, 6.07) is 3.93. The first kappa shape index (κ1) is 20.3. The molecule has 3 aromatic rings. The lowest BCUT2D eigenvalue weighted by Gasteiger charge is -2.23. The zero-order valence-electron chi connectivity index (χ0n) is 18.6. The van der Waals surface area contributed by atoms with E-state index in [0.717, 1.165) is 37.2 Å². The largest absolute Gasteiger partial charge is 0.492 e. The van der Waals surface area contributed by atoms with Crippen LogP contribution in [0.4, 0.5) is 0 Å². The highest BCUT2D eigenvalue weighted by molar-refractivity contribution is 6.09. The van der Waals surface area contributed by atoms with Crippen LogP contribution in [-0.2, 0) is 0 Å². The molecule has 0 spiro atoms. The Morgan fingerprint density at radius 2 is 2.03 bits per heavy atom. The molecule has 6 rings (SSSR count). The Bertz CT molecular complexity index is 1210. The first-order chi connectivity index (χ1) is 16.2. The van der Waals surface area contributed by atoms with Gasteiger partial charge < -0.3 is 29.8 Å². The van der Waals surface area contributed by atoms with E-state index in [-0.39, 0.29) is 18.7 Å². The first-order valence-corrected chi connectivity index (χ1v) is 11.6. The van der Waals surface area contributed by atoms with Crippen molar-refractivity contribution in [3.8, 4) is 28.5 Å². The molecule has 1 saturated carbocycles. The third kappa shape index (κ3) is 3.76. The van der Waals surface area contributed by atoms with Gasteiger partial charge in [-0.1, -0.05) is 0 Å². The van der Waals surface area contributed by atoms with E-state index in [4.69, 9.17) is 14.2 Å². The molecule has 0 atom stereocenters. The molecule has 2 aromatic heterocycles. The van der Waals surface area contributed by atoms with Crippen LogP contribution in [0.3, 0.4) is 0 Å². The van der Waals surface area contributed by atoms with Gasteiger partial charge >= 0.3 is 0 Å². The molecule has 3 N–H and O–H groups in total. The van der Waals surface area contributed by atoms with Crippen molar-refractivity contribution in [2.24, 2.45) is 5.92 Å². The van der Waals surface area contributed by atoms with Crippen molar-refractivity contribution >= 4 is 16.9 Å². The molecule has 1 aliphatic carbocycles. The Morgan fingerprint density at radius 1 is 1.18 bits per heavy atom. The second kappa shape index (κ2) is 8.22. The second-order valence-corrected chi connectivity index (χ2v) is 9.00. The lowest BCUT2D eigenvalue weighted by atomic mass is 10.0. The average Bonchev–Trinajstić information content (AvgIpc) is 3.41. The molecule has 4 heterocycles. The molecule has 0 bridgehead atoms. The molecule has 2 fully saturated rings. The molecule has 0 unspecified atom stereocenters. The molecule has 1 aromatic carbocycles. The van der Waals surface area contributed by atoms with Gasteiger partial charge in [-0.25, -0.2) is 9.97 Å². The highest BCUT2D eigenvalue weighted by Gasteiger charge is 2.30. The van der Waals surface area contributed by atoms with Crippen LogP contribution in [0, 0.1) is 12.8 Å². The summed E-state index contributed by atoms with van der Waals surface area (Å²) in [5.41, 5.74) is 3.95. The van der Waals surface area contributed by atoms with Crippen LogP contribution in [0.15, 0.2) is 18.5 Å². The van der Waals surface area contributed by atoms with Crippen molar-refractivity contribution in [2.45, 2.75) is 38.6 Å². The van der Waals surface area contributed by atoms with Crippen molar-refractivity contribution in [3.63, 3.8) is 0 Å². The average molecular weight is 450 g/mol. The van der Waals surface area contributed by atoms with E-state index in [9.17, 15) is 4.79 Å². The molecule has 1 saturated heterocycles. The van der Waals surface area contributed by atoms with Crippen molar-refractivity contribution in [2.75, 3.05) is 26.5 Å². The maximum Gasteiger partial charge on any atom is 0.255 e. The number of ether oxygens (including phenoxy) is 3. The van der Waals surface area contributed by atoms with Gasteiger partial charge in [-0.2, -0.15) is 0 Å². The second-order valence-electron chi connectivity index (χ2n) is 9.00. The first-order valence-electron chi connectivity index (χ1n) is 11.6. The lowest BCUT2D eigenvalue weighted by Crippen LogP contribution is -2.42. The quantitative estimate of drug-likeness (QED) is 0.531. The zero-order chi connectivity index (χ0) is 22.4. The van der Waals surface area contributed by atoms with Crippen molar-refractivity contribution in [3.05, 3.63) is 29.7 Å². The summed E-state index contributed by atoms with van der Waals surface area (Å²) >= 11 is 0. The van der Waals surface area contributed by atoms with E-state index >= 15 is 0 Å². The predicted octanol–water partition coefficient (Wildman–Crippen LogP) is 2.93. The zero-order valence-corrected chi connectivity index (χ0v) is 18.6. The third-order valence-corrected chi connectivity index (χ3v) is 6.58. The maximum atomic E-state index is 13.2. The summed E-state index contributed by atoms with van der Waals surface area (Å²) in [6.07, 6.45) is 5.73. The van der Waals surface area contributed by atoms with E-state index in [2.05, 4.69) is 25.6 Å². The Balaban J connectivity index is 1.42. The summed E-state index contributed by atoms with van der Waals surface area (Å²) in [4.78, 5) is 25.6. The smallest absolute Gasteiger partial charge is 0.255 e. The molecule has 1 amide bonds. The summed E-state index contributed by atoms with van der Waals surface area (Å²) in [6.45, 7) is 4.52. The number of rotatable bonds is 6. The highest BCUT2D eigenvalue weighted by atomic mass is 16.7. The molecule has 0 radical (unpaired) electrons. The molecule has 33 heavy (non-hydrogen) atoms. The Kier molecular flexibility index (Phi) is 5.05. The summed E-state index contributed by atoms with van der Waals surface area (Å²) in [5.74, 6) is 2.45. The molecule has 3 aliphatic rings. The van der Waals surface area contributed by atoms with Crippen LogP contribution in [-0.4, -0.2) is 53.4 Å². The minimum Gasteiger partial charge on any atom is -0.492 e. The van der Waals surface area contributed by atoms with Crippen LogP contribution in [0.25, 0.3) is 22.3 Å². The number of aryl methyl sites for hydroxylation is 1. The van der Waals surface area contributed by atoms with Crippen molar-refractivity contribution in [1.82, 2.24) is 25.6 Å². The molecule has 9 heteroatoms. The number of nitrogens with zero attached hydrogens (tertiary/aromatic N) is 2. The van der Waals surface area contributed by atoms with E-state index in [1.807, 2.05) is 19.1 Å². The van der Waals surface area contributed by atoms with Crippen molar-refractivity contribution < 1.29 is 19.0 Å². The van der Waals surface area contributed by atoms with Gasteiger partial charge in [0.25, 0.3) is 5.91 Å². The Morgan fingerprint density at radius 3 is 2.85 bits per heavy atom. The van der Waals surface area contributed by atoms with Crippen LogP contribution in [0.2, 0.25) is 0 Å². The maximum absolute atomic E-state index is 13.2. The fraction of sp³-hybridized carbons (Fsp3) is 0.458. The van der Waals surface area contributed by atoms with Gasteiger partial charge in [-0.15, -0.1) is 0 Å². The topological polar surface area (TPSA) is 110 Å².